The average Bonchev–Trinajstić information content (AvgIpc) is 2.82. The molecule has 0 spiro atoms. The number of ether oxygens (including phenoxy) is 1. The summed E-state index contributed by atoms with van der Waals surface area (Å²) in [7, 11) is 2.03. The molecule has 7 heteroatoms. The molecule has 0 saturated carbocycles. The van der Waals surface area contributed by atoms with Gasteiger partial charge in [0.1, 0.15) is 24.2 Å². The van der Waals surface area contributed by atoms with Crippen molar-refractivity contribution < 1.29 is 14.7 Å². The second-order valence-electron chi connectivity index (χ2n) is 4.15. The summed E-state index contributed by atoms with van der Waals surface area (Å²) in [4.78, 5) is 2.14. The fourth-order valence-corrected chi connectivity index (χ4v) is 2.40. The third kappa shape index (κ3) is 2.37. The Balaban J connectivity index is 1.87. The minimum atomic E-state index is 0.427. The summed E-state index contributed by atoms with van der Waals surface area (Å²) >= 11 is 1.31. The van der Waals surface area contributed by atoms with E-state index in [1.54, 1.807) is 5.38 Å². The zero-order chi connectivity index (χ0) is 13.2. The van der Waals surface area contributed by atoms with Crippen molar-refractivity contribution in [3.05, 3.63) is 29.8 Å². The second kappa shape index (κ2) is 4.85. The Hall–Kier alpha value is -2.15. The fraction of sp³-hybridized carbons (Fsp3) is 0.250. The van der Waals surface area contributed by atoms with Crippen molar-refractivity contribution in [1.29, 1.82) is 0 Å². The Labute approximate surface area is 114 Å². The molecule has 2 aromatic rings. The number of hydrogen-bond donors (Lipinski definition) is 1. The van der Waals surface area contributed by atoms with Gasteiger partial charge in [-0.15, -0.1) is 0 Å². The Morgan fingerprint density at radius 2 is 2.32 bits per heavy atom. The van der Waals surface area contributed by atoms with Crippen LogP contribution in [-0.4, -0.2) is 25.4 Å². The molecule has 0 saturated heterocycles. The van der Waals surface area contributed by atoms with E-state index in [-0.39, 0.29) is 0 Å². The highest BCUT2D eigenvalue weighted by Crippen LogP contribution is 2.34. The predicted octanol–water partition coefficient (Wildman–Crippen LogP) is 2.52. The van der Waals surface area contributed by atoms with Gasteiger partial charge >= 0.3 is 5.13 Å². The van der Waals surface area contributed by atoms with E-state index in [1.165, 1.54) is 17.5 Å². The van der Waals surface area contributed by atoms with Crippen molar-refractivity contribution in [3.63, 3.8) is 0 Å². The van der Waals surface area contributed by atoms with Crippen LogP contribution in [0.5, 0.6) is 5.75 Å². The Bertz CT molecular complexity index is 626. The quantitative estimate of drug-likeness (QED) is 0.521. The fourth-order valence-electron chi connectivity index (χ4n) is 1.85. The van der Waals surface area contributed by atoms with Gasteiger partial charge < -0.3 is 14.8 Å². The molecule has 0 unspecified atom stereocenters. The Kier molecular flexibility index (Phi) is 3.04. The van der Waals surface area contributed by atoms with E-state index in [0.717, 1.165) is 22.7 Å². The average molecular weight is 277 g/mol. The van der Waals surface area contributed by atoms with Crippen LogP contribution in [-0.2, 0) is 0 Å². The lowest BCUT2D eigenvalue weighted by Gasteiger charge is -2.27. The van der Waals surface area contributed by atoms with E-state index in [4.69, 9.17) is 4.74 Å². The smallest absolute Gasteiger partial charge is 0.446 e. The molecule has 0 aliphatic carbocycles. The number of anilines is 1. The molecule has 1 aliphatic heterocycles. The van der Waals surface area contributed by atoms with E-state index in [1.807, 2.05) is 25.2 Å². The number of aromatic nitrogens is 1. The number of thiazole rings is 1. The molecule has 2 heterocycles. The van der Waals surface area contributed by atoms with Crippen LogP contribution in [0.15, 0.2) is 40.0 Å². The maximum absolute atomic E-state index is 9.40. The Morgan fingerprint density at radius 1 is 1.42 bits per heavy atom. The third-order valence-electron chi connectivity index (χ3n) is 2.86. The largest absolute Gasteiger partial charge is 0.489 e. The van der Waals surface area contributed by atoms with Crippen molar-refractivity contribution in [2.75, 3.05) is 25.1 Å². The van der Waals surface area contributed by atoms with Crippen molar-refractivity contribution in [1.82, 2.24) is 0 Å². The zero-order valence-corrected chi connectivity index (χ0v) is 11.2. The molecule has 1 N–H and O–H groups in total. The van der Waals surface area contributed by atoms with Gasteiger partial charge in [0.05, 0.1) is 17.3 Å². The number of azo groups is 1. The third-order valence-corrected chi connectivity index (χ3v) is 3.60. The van der Waals surface area contributed by atoms with E-state index >= 15 is 0 Å². The lowest BCUT2D eigenvalue weighted by atomic mass is 10.2. The topological polar surface area (TPSA) is 61.3 Å². The number of benzene rings is 1. The molecular weight excluding hydrogens is 264 g/mol. The van der Waals surface area contributed by atoms with Crippen LogP contribution in [0, 0.1) is 0 Å². The molecule has 1 aliphatic rings. The zero-order valence-electron chi connectivity index (χ0n) is 10.4. The summed E-state index contributed by atoms with van der Waals surface area (Å²) in [5.41, 5.74) is 1.75. The SMILES string of the molecule is CN1CCOc2cc(N=Nc3scc[n+]3O)ccc21. The number of fused-ring (bicyclic) bond motifs is 1. The lowest BCUT2D eigenvalue weighted by molar-refractivity contribution is -0.891. The van der Waals surface area contributed by atoms with Gasteiger partial charge in [-0.25, -0.2) is 0 Å². The summed E-state index contributed by atoms with van der Waals surface area (Å²) < 4.78 is 6.54. The van der Waals surface area contributed by atoms with Gasteiger partial charge in [-0.2, -0.15) is 0 Å². The first-order chi connectivity index (χ1) is 9.24. The van der Waals surface area contributed by atoms with Gasteiger partial charge in [-0.3, -0.25) is 0 Å². The molecule has 0 amide bonds. The van der Waals surface area contributed by atoms with Crippen LogP contribution >= 0.6 is 11.3 Å². The number of hydrogen-bond acceptors (Lipinski definition) is 6. The monoisotopic (exact) mass is 277 g/mol. The minimum Gasteiger partial charge on any atom is -0.489 e. The molecule has 1 aromatic heterocycles. The van der Waals surface area contributed by atoms with Crippen molar-refractivity contribution in [2.45, 2.75) is 0 Å². The summed E-state index contributed by atoms with van der Waals surface area (Å²) in [6, 6.07) is 5.69. The summed E-state index contributed by atoms with van der Waals surface area (Å²) in [6.07, 6.45) is 1.52. The van der Waals surface area contributed by atoms with Gasteiger partial charge in [0.2, 0.25) is 0 Å². The first kappa shape index (κ1) is 11.9. The van der Waals surface area contributed by atoms with Gasteiger partial charge in [0.15, 0.2) is 0 Å². The van der Waals surface area contributed by atoms with Crippen LogP contribution < -0.4 is 14.4 Å². The first-order valence-corrected chi connectivity index (χ1v) is 6.70. The van der Waals surface area contributed by atoms with E-state index < -0.39 is 0 Å². The maximum Gasteiger partial charge on any atom is 0.446 e. The van der Waals surface area contributed by atoms with Crippen LogP contribution in [0.4, 0.5) is 16.5 Å². The highest BCUT2D eigenvalue weighted by atomic mass is 32.1. The summed E-state index contributed by atoms with van der Waals surface area (Å²) in [6.45, 7) is 1.55. The van der Waals surface area contributed by atoms with Crippen molar-refractivity contribution in [2.24, 2.45) is 10.2 Å². The molecule has 3 rings (SSSR count). The summed E-state index contributed by atoms with van der Waals surface area (Å²) in [5.74, 6) is 0.813. The molecule has 6 nitrogen and oxygen atoms in total. The normalized spacial score (nSPS) is 14.5. The highest BCUT2D eigenvalue weighted by Gasteiger charge is 2.16. The minimum absolute atomic E-state index is 0.427. The molecule has 0 radical (unpaired) electrons. The van der Waals surface area contributed by atoms with Crippen LogP contribution in [0.1, 0.15) is 0 Å². The van der Waals surface area contributed by atoms with Crippen molar-refractivity contribution in [3.8, 4) is 5.75 Å². The van der Waals surface area contributed by atoms with Crippen LogP contribution in [0.2, 0.25) is 0 Å². The maximum atomic E-state index is 9.40. The molecule has 19 heavy (non-hydrogen) atoms. The standard InChI is InChI=1S/C12H13N4O2S/c1-15-4-6-18-11-8-9(2-3-10(11)15)13-14-12-16(17)5-7-19-12/h2-3,5,7-8,17H,4,6H2,1H3/q+1. The molecular formula is C12H13N4O2S+. The van der Waals surface area contributed by atoms with Crippen molar-refractivity contribution >= 4 is 27.8 Å². The van der Waals surface area contributed by atoms with Gasteiger partial charge in [0.25, 0.3) is 0 Å². The summed E-state index contributed by atoms with van der Waals surface area (Å²) in [5, 5.41) is 19.6. The predicted molar refractivity (Wildman–Crippen MR) is 71.1 cm³/mol. The van der Waals surface area contributed by atoms with Gasteiger partial charge in [-0.05, 0) is 33.3 Å². The molecule has 0 bridgehead atoms. The van der Waals surface area contributed by atoms with Crippen LogP contribution in [0.25, 0.3) is 0 Å². The van der Waals surface area contributed by atoms with Gasteiger partial charge in [0, 0.05) is 18.5 Å². The highest BCUT2D eigenvalue weighted by molar-refractivity contribution is 7.12. The lowest BCUT2D eigenvalue weighted by Crippen LogP contribution is -2.28. The first-order valence-electron chi connectivity index (χ1n) is 5.82. The molecule has 98 valence electrons. The van der Waals surface area contributed by atoms with E-state index in [2.05, 4.69) is 15.1 Å². The van der Waals surface area contributed by atoms with Crippen LogP contribution in [0.3, 0.4) is 0 Å². The van der Waals surface area contributed by atoms with Gasteiger partial charge in [-0.1, -0.05) is 0 Å². The molecule has 1 aromatic carbocycles. The Morgan fingerprint density at radius 3 is 3.11 bits per heavy atom. The second-order valence-corrected chi connectivity index (χ2v) is 5.03. The molecule has 0 atom stereocenters. The molecule has 0 fully saturated rings. The number of rotatable bonds is 2. The van der Waals surface area contributed by atoms with E-state index in [0.29, 0.717) is 17.4 Å². The number of nitrogens with zero attached hydrogens (tertiary/aromatic N) is 4. The van der Waals surface area contributed by atoms with E-state index in [9.17, 15) is 5.21 Å². The number of likely N-dealkylation sites (N-methyl/N-ethyl adjacent to an activating group) is 1.